The van der Waals surface area contributed by atoms with Crippen LogP contribution >= 0.6 is 0 Å². The number of hydrogen-bond donors (Lipinski definition) is 1. The Morgan fingerprint density at radius 2 is 2.18 bits per heavy atom. The van der Waals surface area contributed by atoms with Gasteiger partial charge in [0.2, 0.25) is 0 Å². The molecule has 2 rings (SSSR count). The molecular weight excluding hydrogens is 319 g/mol. The monoisotopic (exact) mass is 336 g/mol. The summed E-state index contributed by atoms with van der Waals surface area (Å²) in [5, 5.41) is 0. The van der Waals surface area contributed by atoms with Crippen LogP contribution in [-0.2, 0) is 25.5 Å². The molecule has 124 valence electrons. The Morgan fingerprint density at radius 1 is 1.50 bits per heavy atom. The van der Waals surface area contributed by atoms with Crippen LogP contribution in [-0.4, -0.2) is 43.1 Å². The van der Waals surface area contributed by atoms with Gasteiger partial charge in [-0.1, -0.05) is 6.92 Å². The largest absolute Gasteiger partial charge is 0.349 e. The summed E-state index contributed by atoms with van der Waals surface area (Å²) in [4.78, 5) is 25.5. The van der Waals surface area contributed by atoms with Crippen molar-refractivity contribution in [1.82, 2.24) is 9.55 Å². The van der Waals surface area contributed by atoms with Crippen molar-refractivity contribution < 1.29 is 21.7 Å². The summed E-state index contributed by atoms with van der Waals surface area (Å²) < 4.78 is 46.7. The van der Waals surface area contributed by atoms with Gasteiger partial charge < -0.3 is 4.74 Å². The first-order chi connectivity index (χ1) is 10.2. The molecular formula is C12H17FN2O6S. The lowest BCUT2D eigenvalue weighted by Crippen LogP contribution is -2.34. The Labute approximate surface area is 126 Å². The van der Waals surface area contributed by atoms with E-state index in [-0.39, 0.29) is 6.42 Å². The molecule has 22 heavy (non-hydrogen) atoms. The van der Waals surface area contributed by atoms with Gasteiger partial charge in [-0.2, -0.15) is 8.42 Å². The maximum atomic E-state index is 13.9. The van der Waals surface area contributed by atoms with Crippen molar-refractivity contribution in [1.29, 1.82) is 0 Å². The summed E-state index contributed by atoms with van der Waals surface area (Å²) in [5.74, 6) is 0. The second-order valence-electron chi connectivity index (χ2n) is 5.04. The maximum absolute atomic E-state index is 13.9. The number of halogens is 1. The van der Waals surface area contributed by atoms with Gasteiger partial charge in [0.05, 0.1) is 12.9 Å². The normalized spacial score (nSPS) is 25.5. The second kappa shape index (κ2) is 6.31. The van der Waals surface area contributed by atoms with Crippen molar-refractivity contribution >= 4 is 10.1 Å². The Hall–Kier alpha value is -1.52. The average Bonchev–Trinajstić information content (AvgIpc) is 2.77. The molecule has 0 radical (unpaired) electrons. The van der Waals surface area contributed by atoms with Gasteiger partial charge in [-0.25, -0.2) is 9.18 Å². The number of alkyl halides is 1. The zero-order valence-electron chi connectivity index (χ0n) is 12.1. The SMILES string of the molecule is CCc1cn([C@@H]2CC(F)[C@H](COS(C)(=O)=O)O2)c(=O)[nH]c1=O. The number of aromatic nitrogens is 2. The van der Waals surface area contributed by atoms with Gasteiger partial charge in [-0.05, 0) is 6.42 Å². The predicted molar refractivity (Wildman–Crippen MR) is 74.9 cm³/mol. The topological polar surface area (TPSA) is 107 Å². The molecule has 0 aromatic carbocycles. The Bertz CT molecular complexity index is 756. The molecule has 8 nitrogen and oxygen atoms in total. The summed E-state index contributed by atoms with van der Waals surface area (Å²) in [6.45, 7) is 1.28. The molecule has 0 amide bonds. The van der Waals surface area contributed by atoms with Crippen LogP contribution in [0.1, 0.15) is 25.1 Å². The predicted octanol–water partition coefficient (Wildman–Crippen LogP) is -0.299. The van der Waals surface area contributed by atoms with Crippen LogP contribution in [0, 0.1) is 0 Å². The van der Waals surface area contributed by atoms with E-state index in [2.05, 4.69) is 9.17 Å². The highest BCUT2D eigenvalue weighted by Gasteiger charge is 2.37. The molecule has 0 aliphatic carbocycles. The minimum absolute atomic E-state index is 0.132. The quantitative estimate of drug-likeness (QED) is 0.740. The zero-order valence-corrected chi connectivity index (χ0v) is 12.9. The summed E-state index contributed by atoms with van der Waals surface area (Å²) in [6.07, 6.45) is -1.03. The van der Waals surface area contributed by atoms with Crippen molar-refractivity contribution in [3.05, 3.63) is 32.6 Å². The highest BCUT2D eigenvalue weighted by molar-refractivity contribution is 7.85. The van der Waals surface area contributed by atoms with E-state index < -0.39 is 46.5 Å². The third-order valence-electron chi connectivity index (χ3n) is 3.34. The molecule has 1 fully saturated rings. The molecule has 1 aliphatic heterocycles. The molecule has 3 atom stereocenters. The van der Waals surface area contributed by atoms with Crippen molar-refractivity contribution in [2.24, 2.45) is 0 Å². The third-order valence-corrected chi connectivity index (χ3v) is 3.91. The Balaban J connectivity index is 2.18. The van der Waals surface area contributed by atoms with E-state index in [0.717, 1.165) is 10.8 Å². The molecule has 0 saturated carbocycles. The number of ether oxygens (including phenoxy) is 1. The van der Waals surface area contributed by atoms with Crippen LogP contribution in [0.5, 0.6) is 0 Å². The van der Waals surface area contributed by atoms with Gasteiger partial charge in [0.1, 0.15) is 18.5 Å². The minimum Gasteiger partial charge on any atom is -0.349 e. The van der Waals surface area contributed by atoms with E-state index >= 15 is 0 Å². The molecule has 1 aliphatic rings. The average molecular weight is 336 g/mol. The van der Waals surface area contributed by atoms with Crippen LogP contribution < -0.4 is 11.2 Å². The first-order valence-corrected chi connectivity index (χ1v) is 8.51. The van der Waals surface area contributed by atoms with Gasteiger partial charge in [0.15, 0.2) is 0 Å². The molecule has 2 heterocycles. The highest BCUT2D eigenvalue weighted by Crippen LogP contribution is 2.30. The minimum atomic E-state index is -3.70. The van der Waals surface area contributed by atoms with Crippen LogP contribution in [0.3, 0.4) is 0 Å². The van der Waals surface area contributed by atoms with Crippen molar-refractivity contribution in [2.45, 2.75) is 38.3 Å². The van der Waals surface area contributed by atoms with E-state index in [9.17, 15) is 22.4 Å². The molecule has 1 saturated heterocycles. The van der Waals surface area contributed by atoms with Gasteiger partial charge in [0, 0.05) is 18.2 Å². The summed E-state index contributed by atoms with van der Waals surface area (Å²) in [6, 6.07) is 0. The number of hydrogen-bond acceptors (Lipinski definition) is 6. The van der Waals surface area contributed by atoms with E-state index in [4.69, 9.17) is 4.74 Å². The van der Waals surface area contributed by atoms with Crippen LogP contribution in [0.2, 0.25) is 0 Å². The van der Waals surface area contributed by atoms with Gasteiger partial charge in [-0.15, -0.1) is 0 Å². The van der Waals surface area contributed by atoms with E-state index in [0.29, 0.717) is 12.0 Å². The van der Waals surface area contributed by atoms with Crippen LogP contribution in [0.15, 0.2) is 15.8 Å². The van der Waals surface area contributed by atoms with Gasteiger partial charge in [0.25, 0.3) is 15.7 Å². The molecule has 1 unspecified atom stereocenters. The number of H-pyrrole nitrogens is 1. The number of aryl methyl sites for hydroxylation is 1. The lowest BCUT2D eigenvalue weighted by atomic mass is 10.2. The van der Waals surface area contributed by atoms with E-state index in [1.54, 1.807) is 6.92 Å². The third kappa shape index (κ3) is 3.81. The summed E-state index contributed by atoms with van der Waals surface area (Å²) >= 11 is 0. The number of aromatic amines is 1. The van der Waals surface area contributed by atoms with Crippen molar-refractivity contribution in [2.75, 3.05) is 12.9 Å². The molecule has 1 aromatic heterocycles. The first kappa shape index (κ1) is 16.8. The fourth-order valence-electron chi connectivity index (χ4n) is 2.19. The van der Waals surface area contributed by atoms with Gasteiger partial charge in [-0.3, -0.25) is 18.5 Å². The number of nitrogens with zero attached hydrogens (tertiary/aromatic N) is 1. The number of nitrogens with one attached hydrogen (secondary N) is 1. The Morgan fingerprint density at radius 3 is 2.77 bits per heavy atom. The van der Waals surface area contributed by atoms with Crippen LogP contribution in [0.25, 0.3) is 0 Å². The Kier molecular flexibility index (Phi) is 4.83. The van der Waals surface area contributed by atoms with E-state index in [1.165, 1.54) is 6.20 Å². The lowest BCUT2D eigenvalue weighted by Gasteiger charge is -2.15. The fourth-order valence-corrected chi connectivity index (χ4v) is 2.57. The molecule has 1 aromatic rings. The zero-order chi connectivity index (χ0) is 16.5. The molecule has 1 N–H and O–H groups in total. The standard InChI is InChI=1S/C12H17FN2O6S/c1-3-7-5-15(12(17)14-11(7)16)10-4-8(13)9(21-10)6-20-22(2,18)19/h5,8-10H,3-4,6H2,1-2H3,(H,14,16,17)/t8?,9-,10-/m0/s1. The highest BCUT2D eigenvalue weighted by atomic mass is 32.2. The smallest absolute Gasteiger partial charge is 0.330 e. The van der Waals surface area contributed by atoms with Gasteiger partial charge >= 0.3 is 5.69 Å². The van der Waals surface area contributed by atoms with E-state index in [1.807, 2.05) is 0 Å². The molecule has 0 bridgehead atoms. The maximum Gasteiger partial charge on any atom is 0.330 e. The summed E-state index contributed by atoms with van der Waals surface area (Å²) in [5.41, 5.74) is -0.825. The fraction of sp³-hybridized carbons (Fsp3) is 0.667. The lowest BCUT2D eigenvalue weighted by molar-refractivity contribution is -0.0296. The van der Waals surface area contributed by atoms with Crippen molar-refractivity contribution in [3.63, 3.8) is 0 Å². The molecule has 10 heteroatoms. The molecule has 0 spiro atoms. The summed E-state index contributed by atoms with van der Waals surface area (Å²) in [7, 11) is -3.70. The van der Waals surface area contributed by atoms with Crippen molar-refractivity contribution in [3.8, 4) is 0 Å². The van der Waals surface area contributed by atoms with Crippen LogP contribution in [0.4, 0.5) is 4.39 Å². The number of rotatable bonds is 5. The first-order valence-electron chi connectivity index (χ1n) is 6.69. The second-order valence-corrected chi connectivity index (χ2v) is 6.69.